The van der Waals surface area contributed by atoms with Crippen molar-refractivity contribution in [1.82, 2.24) is 0 Å². The summed E-state index contributed by atoms with van der Waals surface area (Å²) >= 11 is 1.43. The van der Waals surface area contributed by atoms with Crippen LogP contribution in [0, 0.1) is 5.82 Å². The third-order valence-electron chi connectivity index (χ3n) is 3.69. The molecule has 3 rings (SSSR count). The van der Waals surface area contributed by atoms with E-state index in [4.69, 9.17) is 0 Å². The fraction of sp³-hybridized carbons (Fsp3) is 0.222. The van der Waals surface area contributed by atoms with E-state index in [9.17, 15) is 9.50 Å². The van der Waals surface area contributed by atoms with E-state index in [1.165, 1.54) is 29.0 Å². The summed E-state index contributed by atoms with van der Waals surface area (Å²) < 4.78 is 14.1. The second-order valence-corrected chi connectivity index (χ2v) is 6.67. The van der Waals surface area contributed by atoms with Gasteiger partial charge in [0.2, 0.25) is 0 Å². The molecule has 0 saturated heterocycles. The average Bonchev–Trinajstić information content (AvgIpc) is 2.89. The van der Waals surface area contributed by atoms with Crippen molar-refractivity contribution < 1.29 is 9.50 Å². The summed E-state index contributed by atoms with van der Waals surface area (Å²) in [5, 5.41) is 11.5. The molecule has 0 spiro atoms. The summed E-state index contributed by atoms with van der Waals surface area (Å²) in [6.45, 7) is 4.29. The van der Waals surface area contributed by atoms with Crippen LogP contribution in [0.1, 0.15) is 41.9 Å². The van der Waals surface area contributed by atoms with Gasteiger partial charge < -0.3 is 5.11 Å². The highest BCUT2D eigenvalue weighted by Gasteiger charge is 2.14. The monoisotopic (exact) mass is 300 g/mol. The van der Waals surface area contributed by atoms with Crippen LogP contribution in [0.5, 0.6) is 0 Å². The van der Waals surface area contributed by atoms with Gasteiger partial charge in [-0.15, -0.1) is 11.3 Å². The lowest BCUT2D eigenvalue weighted by atomic mass is 9.99. The molecular formula is C18H17FOS. The molecule has 1 atom stereocenters. The number of halogens is 1. The second-order valence-electron chi connectivity index (χ2n) is 5.55. The zero-order valence-corrected chi connectivity index (χ0v) is 12.8. The SMILES string of the molecule is CC(C)c1ccc(C(O)c2cc3ccc(F)cc3s2)cc1. The van der Waals surface area contributed by atoms with Gasteiger partial charge in [0.15, 0.2) is 0 Å². The first-order valence-electron chi connectivity index (χ1n) is 7.01. The third kappa shape index (κ3) is 2.85. The molecule has 1 unspecified atom stereocenters. The lowest BCUT2D eigenvalue weighted by molar-refractivity contribution is 0.224. The largest absolute Gasteiger partial charge is 0.383 e. The third-order valence-corrected chi connectivity index (χ3v) is 4.84. The van der Waals surface area contributed by atoms with E-state index < -0.39 is 6.10 Å². The van der Waals surface area contributed by atoms with Crippen molar-refractivity contribution in [3.05, 3.63) is 70.4 Å². The quantitative estimate of drug-likeness (QED) is 0.701. The summed E-state index contributed by atoms with van der Waals surface area (Å²) in [6, 6.07) is 14.7. The van der Waals surface area contributed by atoms with Crippen LogP contribution in [0.4, 0.5) is 4.39 Å². The molecule has 2 aromatic carbocycles. The Labute approximate surface area is 127 Å². The highest BCUT2D eigenvalue weighted by atomic mass is 32.1. The first-order chi connectivity index (χ1) is 10.0. The van der Waals surface area contributed by atoms with Crippen molar-refractivity contribution in [2.45, 2.75) is 25.9 Å². The molecular weight excluding hydrogens is 283 g/mol. The predicted molar refractivity (Wildman–Crippen MR) is 86.4 cm³/mol. The van der Waals surface area contributed by atoms with E-state index in [0.29, 0.717) is 5.92 Å². The highest BCUT2D eigenvalue weighted by molar-refractivity contribution is 7.19. The standard InChI is InChI=1S/C18H17FOS/c1-11(2)12-3-5-13(6-4-12)18(20)17-9-14-7-8-15(19)10-16(14)21-17/h3-11,18,20H,1-2H3. The molecule has 3 heteroatoms. The smallest absolute Gasteiger partial charge is 0.124 e. The van der Waals surface area contributed by atoms with Crippen molar-refractivity contribution >= 4 is 21.4 Å². The minimum absolute atomic E-state index is 0.244. The van der Waals surface area contributed by atoms with E-state index in [-0.39, 0.29) is 5.82 Å². The second kappa shape index (κ2) is 5.58. The van der Waals surface area contributed by atoms with Crippen LogP contribution in [0.2, 0.25) is 0 Å². The van der Waals surface area contributed by atoms with Crippen molar-refractivity contribution in [1.29, 1.82) is 0 Å². The number of rotatable bonds is 3. The van der Waals surface area contributed by atoms with Gasteiger partial charge in [0.25, 0.3) is 0 Å². The van der Waals surface area contributed by atoms with Crippen molar-refractivity contribution in [3.63, 3.8) is 0 Å². The van der Waals surface area contributed by atoms with E-state index in [1.807, 2.05) is 18.2 Å². The van der Waals surface area contributed by atoms with E-state index in [1.54, 1.807) is 6.07 Å². The number of thiophene rings is 1. The summed E-state index contributed by atoms with van der Waals surface area (Å²) in [5.74, 6) is 0.232. The molecule has 0 bridgehead atoms. The number of fused-ring (bicyclic) bond motifs is 1. The summed E-state index contributed by atoms with van der Waals surface area (Å²) in [5.41, 5.74) is 2.12. The molecule has 0 aliphatic carbocycles. The summed E-state index contributed by atoms with van der Waals surface area (Å²) in [6.07, 6.45) is -0.660. The van der Waals surface area contributed by atoms with Gasteiger partial charge in [0.05, 0.1) is 0 Å². The van der Waals surface area contributed by atoms with Gasteiger partial charge in [-0.2, -0.15) is 0 Å². The van der Waals surface area contributed by atoms with Crippen LogP contribution in [-0.2, 0) is 0 Å². The Balaban J connectivity index is 1.93. The Bertz CT molecular complexity index is 758. The Morgan fingerprint density at radius 2 is 1.62 bits per heavy atom. The molecule has 0 radical (unpaired) electrons. The Hall–Kier alpha value is -1.71. The zero-order valence-electron chi connectivity index (χ0n) is 12.0. The van der Waals surface area contributed by atoms with Crippen LogP contribution in [0.25, 0.3) is 10.1 Å². The minimum Gasteiger partial charge on any atom is -0.383 e. The van der Waals surface area contributed by atoms with Gasteiger partial charge in [0.1, 0.15) is 11.9 Å². The lowest BCUT2D eigenvalue weighted by Gasteiger charge is -2.11. The van der Waals surface area contributed by atoms with Crippen molar-refractivity contribution in [2.75, 3.05) is 0 Å². The number of hydrogen-bond acceptors (Lipinski definition) is 2. The van der Waals surface area contributed by atoms with Gasteiger partial charge in [-0.05, 0) is 40.6 Å². The van der Waals surface area contributed by atoms with Gasteiger partial charge in [-0.3, -0.25) is 0 Å². The van der Waals surface area contributed by atoms with Crippen molar-refractivity contribution in [2.24, 2.45) is 0 Å². The van der Waals surface area contributed by atoms with Gasteiger partial charge in [0, 0.05) is 9.58 Å². The van der Waals surface area contributed by atoms with Gasteiger partial charge >= 0.3 is 0 Å². The normalized spacial score (nSPS) is 13.0. The molecule has 108 valence electrons. The fourth-order valence-electron chi connectivity index (χ4n) is 2.39. The topological polar surface area (TPSA) is 20.2 Å². The minimum atomic E-state index is -0.660. The maximum Gasteiger partial charge on any atom is 0.124 e. The Kier molecular flexibility index (Phi) is 3.79. The van der Waals surface area contributed by atoms with E-state index in [2.05, 4.69) is 26.0 Å². The van der Waals surface area contributed by atoms with Crippen molar-refractivity contribution in [3.8, 4) is 0 Å². The Morgan fingerprint density at radius 1 is 0.952 bits per heavy atom. The first kappa shape index (κ1) is 14.2. The number of aliphatic hydroxyl groups excluding tert-OH is 1. The molecule has 1 heterocycles. The highest BCUT2D eigenvalue weighted by Crippen LogP contribution is 2.33. The molecule has 0 aliphatic rings. The maximum absolute atomic E-state index is 13.2. The molecule has 0 fully saturated rings. The molecule has 0 amide bonds. The molecule has 21 heavy (non-hydrogen) atoms. The van der Waals surface area contributed by atoms with Gasteiger partial charge in [-0.1, -0.05) is 44.2 Å². The van der Waals surface area contributed by atoms with E-state index in [0.717, 1.165) is 20.5 Å². The molecule has 0 aliphatic heterocycles. The number of benzene rings is 2. The number of hydrogen-bond donors (Lipinski definition) is 1. The van der Waals surface area contributed by atoms with Gasteiger partial charge in [-0.25, -0.2) is 4.39 Å². The predicted octanol–water partition coefficient (Wildman–Crippen LogP) is 5.25. The van der Waals surface area contributed by atoms with Crippen LogP contribution >= 0.6 is 11.3 Å². The lowest BCUT2D eigenvalue weighted by Crippen LogP contribution is -1.97. The molecule has 0 saturated carbocycles. The van der Waals surface area contributed by atoms with Crippen LogP contribution < -0.4 is 0 Å². The molecule has 1 nitrogen and oxygen atoms in total. The Morgan fingerprint density at radius 3 is 2.29 bits per heavy atom. The van der Waals surface area contributed by atoms with Crippen LogP contribution in [0.3, 0.4) is 0 Å². The molecule has 1 aromatic heterocycles. The summed E-state index contributed by atoms with van der Waals surface area (Å²) in [4.78, 5) is 0.841. The average molecular weight is 300 g/mol. The molecule has 1 N–H and O–H groups in total. The fourth-order valence-corrected chi connectivity index (χ4v) is 3.49. The zero-order chi connectivity index (χ0) is 15.0. The van der Waals surface area contributed by atoms with Crippen LogP contribution in [0.15, 0.2) is 48.5 Å². The summed E-state index contributed by atoms with van der Waals surface area (Å²) in [7, 11) is 0. The van der Waals surface area contributed by atoms with Crippen LogP contribution in [-0.4, -0.2) is 5.11 Å². The maximum atomic E-state index is 13.2. The van der Waals surface area contributed by atoms with E-state index >= 15 is 0 Å². The first-order valence-corrected chi connectivity index (χ1v) is 7.83. The molecule has 3 aromatic rings. The number of aliphatic hydroxyl groups is 1.